The molecule has 1 N–H and O–H groups in total. The fraction of sp³-hybridized carbons (Fsp3) is 0.619. The van der Waals surface area contributed by atoms with Crippen molar-refractivity contribution < 1.29 is 14.7 Å². The van der Waals surface area contributed by atoms with Crippen LogP contribution in [-0.2, 0) is 15.0 Å². The molecule has 0 spiro atoms. The molecule has 26 heavy (non-hydrogen) atoms. The Morgan fingerprint density at radius 2 is 1.77 bits per heavy atom. The van der Waals surface area contributed by atoms with Gasteiger partial charge in [-0.3, -0.25) is 9.59 Å². The SMILES string of the molecule is CC1(C)CN(C(=O)CCCCCC(=O)O)c2cc(N3CCCC3)ccc21. The number of benzene rings is 1. The molecule has 142 valence electrons. The van der Waals surface area contributed by atoms with E-state index in [0.717, 1.165) is 38.2 Å². The van der Waals surface area contributed by atoms with Gasteiger partial charge in [0.05, 0.1) is 0 Å². The van der Waals surface area contributed by atoms with Crippen LogP contribution in [0.25, 0.3) is 0 Å². The molecule has 0 bridgehead atoms. The first kappa shape index (κ1) is 18.7. The topological polar surface area (TPSA) is 60.9 Å². The number of hydrogen-bond acceptors (Lipinski definition) is 3. The van der Waals surface area contributed by atoms with Crippen LogP contribution >= 0.6 is 0 Å². The highest BCUT2D eigenvalue weighted by Crippen LogP contribution is 2.43. The molecule has 0 saturated carbocycles. The van der Waals surface area contributed by atoms with Gasteiger partial charge in [0.1, 0.15) is 0 Å². The van der Waals surface area contributed by atoms with E-state index in [2.05, 4.69) is 36.9 Å². The molecule has 1 saturated heterocycles. The van der Waals surface area contributed by atoms with Crippen molar-refractivity contribution in [2.45, 2.75) is 64.2 Å². The molecule has 0 aliphatic carbocycles. The van der Waals surface area contributed by atoms with Gasteiger partial charge in [0.15, 0.2) is 0 Å². The Morgan fingerprint density at radius 3 is 2.46 bits per heavy atom. The molecule has 1 fully saturated rings. The Balaban J connectivity index is 1.68. The zero-order valence-corrected chi connectivity index (χ0v) is 16.0. The van der Waals surface area contributed by atoms with E-state index in [-0.39, 0.29) is 17.7 Å². The van der Waals surface area contributed by atoms with E-state index in [9.17, 15) is 9.59 Å². The molecule has 0 radical (unpaired) electrons. The van der Waals surface area contributed by atoms with Crippen molar-refractivity contribution in [1.82, 2.24) is 0 Å². The number of carboxylic acids is 1. The predicted octanol–water partition coefficient (Wildman–Crippen LogP) is 3.95. The van der Waals surface area contributed by atoms with Gasteiger partial charge in [-0.25, -0.2) is 0 Å². The quantitative estimate of drug-likeness (QED) is 0.750. The largest absolute Gasteiger partial charge is 0.481 e. The average Bonchev–Trinajstić information content (AvgIpc) is 3.21. The van der Waals surface area contributed by atoms with Crippen molar-refractivity contribution in [2.75, 3.05) is 29.4 Å². The number of carboxylic acid groups (broad SMARTS) is 1. The third-order valence-electron chi connectivity index (χ3n) is 5.61. The van der Waals surface area contributed by atoms with Crippen molar-refractivity contribution in [3.8, 4) is 0 Å². The molecule has 3 rings (SSSR count). The highest BCUT2D eigenvalue weighted by molar-refractivity contribution is 5.97. The Kier molecular flexibility index (Phi) is 5.54. The molecule has 0 aromatic heterocycles. The van der Waals surface area contributed by atoms with Crippen molar-refractivity contribution in [1.29, 1.82) is 0 Å². The summed E-state index contributed by atoms with van der Waals surface area (Å²) in [6.07, 6.45) is 5.34. The molecule has 5 nitrogen and oxygen atoms in total. The van der Waals surface area contributed by atoms with Gasteiger partial charge in [-0.1, -0.05) is 26.3 Å². The first-order valence-electron chi connectivity index (χ1n) is 9.80. The lowest BCUT2D eigenvalue weighted by Crippen LogP contribution is -2.33. The van der Waals surface area contributed by atoms with E-state index in [4.69, 9.17) is 5.11 Å². The lowest BCUT2D eigenvalue weighted by Gasteiger charge is -2.22. The molecule has 1 amide bonds. The predicted molar refractivity (Wildman–Crippen MR) is 104 cm³/mol. The monoisotopic (exact) mass is 358 g/mol. The lowest BCUT2D eigenvalue weighted by molar-refractivity contribution is -0.137. The molecule has 2 aliphatic heterocycles. The van der Waals surface area contributed by atoms with Crippen LogP contribution < -0.4 is 9.80 Å². The van der Waals surface area contributed by atoms with Gasteiger partial charge in [0.2, 0.25) is 5.91 Å². The summed E-state index contributed by atoms with van der Waals surface area (Å²) in [6.45, 7) is 7.31. The van der Waals surface area contributed by atoms with E-state index in [0.29, 0.717) is 12.8 Å². The second kappa shape index (κ2) is 7.68. The Morgan fingerprint density at radius 1 is 1.08 bits per heavy atom. The van der Waals surface area contributed by atoms with Gasteiger partial charge in [-0.15, -0.1) is 0 Å². The minimum absolute atomic E-state index is 0.0299. The molecule has 1 aromatic rings. The fourth-order valence-corrected chi connectivity index (χ4v) is 4.14. The van der Waals surface area contributed by atoms with Gasteiger partial charge in [0.25, 0.3) is 0 Å². The third kappa shape index (κ3) is 4.02. The standard InChI is InChI=1S/C21H30N2O3/c1-21(2)15-23(19(24)8-4-3-5-9-20(25)26)18-14-16(10-11-17(18)21)22-12-6-7-13-22/h10-11,14H,3-9,12-13,15H2,1-2H3,(H,25,26). The zero-order valence-electron chi connectivity index (χ0n) is 16.0. The van der Waals surface area contributed by atoms with Crippen LogP contribution in [0.2, 0.25) is 0 Å². The fourth-order valence-electron chi connectivity index (χ4n) is 4.14. The maximum Gasteiger partial charge on any atom is 0.303 e. The van der Waals surface area contributed by atoms with Crippen LogP contribution in [0.5, 0.6) is 0 Å². The number of fused-ring (bicyclic) bond motifs is 1. The summed E-state index contributed by atoms with van der Waals surface area (Å²) in [4.78, 5) is 27.8. The first-order chi connectivity index (χ1) is 12.4. The van der Waals surface area contributed by atoms with Crippen molar-refractivity contribution in [3.05, 3.63) is 23.8 Å². The lowest BCUT2D eigenvalue weighted by atomic mass is 9.87. The molecular formula is C21H30N2O3. The second-order valence-corrected chi connectivity index (χ2v) is 8.21. The zero-order chi connectivity index (χ0) is 18.7. The number of carbonyl (C=O) groups is 2. The summed E-state index contributed by atoms with van der Waals surface area (Å²) in [7, 11) is 0. The summed E-state index contributed by atoms with van der Waals surface area (Å²) in [5.74, 6) is -0.605. The van der Waals surface area contributed by atoms with E-state index in [1.807, 2.05) is 4.90 Å². The molecular weight excluding hydrogens is 328 g/mol. The van der Waals surface area contributed by atoms with Crippen molar-refractivity contribution >= 4 is 23.3 Å². The van der Waals surface area contributed by atoms with Crippen LogP contribution in [0, 0.1) is 0 Å². The Bertz CT molecular complexity index is 678. The molecule has 2 heterocycles. The van der Waals surface area contributed by atoms with Crippen LogP contribution in [0.3, 0.4) is 0 Å². The van der Waals surface area contributed by atoms with Crippen LogP contribution in [0.15, 0.2) is 18.2 Å². The van der Waals surface area contributed by atoms with Gasteiger partial charge in [0, 0.05) is 49.3 Å². The number of hydrogen-bond donors (Lipinski definition) is 1. The second-order valence-electron chi connectivity index (χ2n) is 8.21. The van der Waals surface area contributed by atoms with Crippen LogP contribution in [-0.4, -0.2) is 36.6 Å². The number of carbonyl (C=O) groups excluding carboxylic acids is 1. The normalized spacial score (nSPS) is 18.2. The first-order valence-corrected chi connectivity index (χ1v) is 9.80. The van der Waals surface area contributed by atoms with E-state index >= 15 is 0 Å². The van der Waals surface area contributed by atoms with E-state index < -0.39 is 5.97 Å². The summed E-state index contributed by atoms with van der Waals surface area (Å²) < 4.78 is 0. The van der Waals surface area contributed by atoms with Crippen LogP contribution in [0.1, 0.15) is 64.4 Å². The summed E-state index contributed by atoms with van der Waals surface area (Å²) in [5, 5.41) is 8.70. The van der Waals surface area contributed by atoms with E-state index in [1.54, 1.807) is 0 Å². The number of amides is 1. The smallest absolute Gasteiger partial charge is 0.303 e. The molecule has 5 heteroatoms. The minimum Gasteiger partial charge on any atom is -0.481 e. The molecule has 2 aliphatic rings. The van der Waals surface area contributed by atoms with Gasteiger partial charge < -0.3 is 14.9 Å². The number of aliphatic carboxylic acids is 1. The van der Waals surface area contributed by atoms with E-state index in [1.165, 1.54) is 24.1 Å². The molecule has 1 aromatic carbocycles. The average molecular weight is 358 g/mol. The van der Waals surface area contributed by atoms with Gasteiger partial charge in [-0.05, 0) is 43.4 Å². The van der Waals surface area contributed by atoms with Crippen molar-refractivity contribution in [2.24, 2.45) is 0 Å². The highest BCUT2D eigenvalue weighted by Gasteiger charge is 2.38. The van der Waals surface area contributed by atoms with Crippen LogP contribution in [0.4, 0.5) is 11.4 Å². The summed E-state index contributed by atoms with van der Waals surface area (Å²) >= 11 is 0. The number of rotatable bonds is 7. The minimum atomic E-state index is -0.763. The number of unbranched alkanes of at least 4 members (excludes halogenated alkanes) is 2. The molecule has 0 atom stereocenters. The summed E-state index contributed by atoms with van der Waals surface area (Å²) in [5.41, 5.74) is 3.51. The van der Waals surface area contributed by atoms with Gasteiger partial charge >= 0.3 is 5.97 Å². The maximum absolute atomic E-state index is 12.8. The Labute approximate surface area is 156 Å². The Hall–Kier alpha value is -2.04. The van der Waals surface area contributed by atoms with Crippen molar-refractivity contribution in [3.63, 3.8) is 0 Å². The maximum atomic E-state index is 12.8. The summed E-state index contributed by atoms with van der Waals surface area (Å²) in [6, 6.07) is 6.59. The molecule has 0 unspecified atom stereocenters. The third-order valence-corrected chi connectivity index (χ3v) is 5.61. The number of nitrogens with zero attached hydrogens (tertiary/aromatic N) is 2. The highest BCUT2D eigenvalue weighted by atomic mass is 16.4. The number of anilines is 2. The van der Waals surface area contributed by atoms with Gasteiger partial charge in [-0.2, -0.15) is 0 Å².